The summed E-state index contributed by atoms with van der Waals surface area (Å²) in [6.07, 6.45) is 6.05. The Balaban J connectivity index is 1.53. The van der Waals surface area contributed by atoms with Crippen molar-refractivity contribution >= 4 is 17.5 Å². The van der Waals surface area contributed by atoms with E-state index in [1.54, 1.807) is 0 Å². The second kappa shape index (κ2) is 8.24. The number of carbonyl (C=O) groups is 3. The summed E-state index contributed by atoms with van der Waals surface area (Å²) in [6.45, 7) is 7.31. The van der Waals surface area contributed by atoms with Crippen LogP contribution >= 0.6 is 0 Å². The van der Waals surface area contributed by atoms with Crippen LogP contribution in [0.25, 0.3) is 0 Å². The molecule has 1 saturated heterocycles. The van der Waals surface area contributed by atoms with Crippen molar-refractivity contribution in [3.63, 3.8) is 0 Å². The quantitative estimate of drug-likeness (QED) is 0.609. The minimum atomic E-state index is -1.22. The van der Waals surface area contributed by atoms with Crippen molar-refractivity contribution in [3.05, 3.63) is 11.6 Å². The number of aliphatic hydroxyl groups is 1. The molecule has 0 bridgehead atoms. The average molecular weight is 475 g/mol. The van der Waals surface area contributed by atoms with Gasteiger partial charge in [-0.1, -0.05) is 32.8 Å². The average Bonchev–Trinajstić information content (AvgIpc) is 3.25. The number of ether oxygens (including phenoxy) is 3. The summed E-state index contributed by atoms with van der Waals surface area (Å²) in [4.78, 5) is 37.4. The van der Waals surface area contributed by atoms with Gasteiger partial charge < -0.3 is 19.3 Å². The largest absolute Gasteiger partial charge is 0.458 e. The van der Waals surface area contributed by atoms with E-state index < -0.39 is 35.5 Å². The second-order valence-electron chi connectivity index (χ2n) is 11.7. The van der Waals surface area contributed by atoms with Gasteiger partial charge in [0.2, 0.25) is 5.78 Å². The minimum absolute atomic E-state index is 0.0459. The molecular weight excluding hydrogens is 436 g/mol. The van der Waals surface area contributed by atoms with E-state index in [0.29, 0.717) is 25.7 Å². The zero-order valence-electron chi connectivity index (χ0n) is 20.8. The maximum atomic E-state index is 13.7. The van der Waals surface area contributed by atoms with Crippen molar-refractivity contribution in [2.45, 2.75) is 103 Å². The fourth-order valence-electron chi connectivity index (χ4n) is 8.64. The molecule has 9 atom stereocenters. The van der Waals surface area contributed by atoms with Crippen LogP contribution in [0.1, 0.15) is 79.1 Å². The van der Waals surface area contributed by atoms with E-state index in [1.807, 2.05) is 6.08 Å². The molecule has 0 aromatic heterocycles. The Hall–Kier alpha value is -1.57. The standard InChI is InChI=1S/C27H38O7/c1-5-6-23-33-22-12-19-18-8-7-16-11-17(29)9-10-25(16,3)24(18)20(30)13-26(19,4)27(22,34-23)21(31)14-32-15(2)28/h11,18-20,22-24,30H,5-10,12-14H2,1-4H3/t18-,19-,20-,22+,23?,24+,25-,26-,27+/m0/s1. The van der Waals surface area contributed by atoms with Gasteiger partial charge in [0.05, 0.1) is 12.2 Å². The first-order chi connectivity index (χ1) is 16.1. The van der Waals surface area contributed by atoms with Crippen LogP contribution < -0.4 is 0 Å². The van der Waals surface area contributed by atoms with Gasteiger partial charge in [-0.25, -0.2) is 0 Å². The zero-order chi connectivity index (χ0) is 24.5. The van der Waals surface area contributed by atoms with Gasteiger partial charge in [0.1, 0.15) is 0 Å². The monoisotopic (exact) mass is 474 g/mol. The number of allylic oxidation sites excluding steroid dienone is 1. The van der Waals surface area contributed by atoms with Crippen molar-refractivity contribution in [2.24, 2.45) is 28.6 Å². The normalized spacial score (nSPS) is 47.2. The number of hydrogen-bond acceptors (Lipinski definition) is 7. The molecule has 3 saturated carbocycles. The minimum Gasteiger partial charge on any atom is -0.458 e. The van der Waals surface area contributed by atoms with Gasteiger partial charge >= 0.3 is 5.97 Å². The van der Waals surface area contributed by atoms with E-state index in [-0.39, 0.29) is 41.3 Å². The number of ketones is 2. The number of rotatable bonds is 5. The van der Waals surface area contributed by atoms with Crippen LogP contribution in [0.3, 0.4) is 0 Å². The third kappa shape index (κ3) is 3.22. The summed E-state index contributed by atoms with van der Waals surface area (Å²) in [7, 11) is 0. The summed E-state index contributed by atoms with van der Waals surface area (Å²) in [5, 5.41) is 11.7. The van der Waals surface area contributed by atoms with Crippen molar-refractivity contribution < 1.29 is 33.7 Å². The molecule has 7 nitrogen and oxygen atoms in total. The molecule has 5 aliphatic rings. The molecule has 4 aliphatic carbocycles. The predicted molar refractivity (Wildman–Crippen MR) is 123 cm³/mol. The highest BCUT2D eigenvalue weighted by Crippen LogP contribution is 2.70. The molecule has 1 aliphatic heterocycles. The molecule has 1 unspecified atom stereocenters. The van der Waals surface area contributed by atoms with Crippen LogP contribution in [-0.4, -0.2) is 53.3 Å². The lowest BCUT2D eigenvalue weighted by molar-refractivity contribution is -0.204. The van der Waals surface area contributed by atoms with Gasteiger partial charge in [0, 0.05) is 18.8 Å². The van der Waals surface area contributed by atoms with Gasteiger partial charge in [0.15, 0.2) is 24.3 Å². The smallest absolute Gasteiger partial charge is 0.303 e. The number of esters is 1. The van der Waals surface area contributed by atoms with Crippen LogP contribution in [0.2, 0.25) is 0 Å². The third-order valence-electron chi connectivity index (χ3n) is 10.0. The van der Waals surface area contributed by atoms with Crippen LogP contribution in [0.4, 0.5) is 0 Å². The molecule has 1 heterocycles. The molecule has 0 spiro atoms. The maximum Gasteiger partial charge on any atom is 0.303 e. The van der Waals surface area contributed by atoms with Gasteiger partial charge in [-0.2, -0.15) is 0 Å². The molecule has 1 N–H and O–H groups in total. The number of Topliss-reactive ketones (excluding diaryl/α,β-unsaturated/α-hetero) is 1. The van der Waals surface area contributed by atoms with Gasteiger partial charge in [-0.15, -0.1) is 0 Å². The second-order valence-corrected chi connectivity index (χ2v) is 11.7. The Bertz CT molecular complexity index is 926. The first-order valence-corrected chi connectivity index (χ1v) is 13.0. The number of fused-ring (bicyclic) bond motifs is 7. The highest BCUT2D eigenvalue weighted by Gasteiger charge is 2.75. The van der Waals surface area contributed by atoms with Crippen molar-refractivity contribution in [1.82, 2.24) is 0 Å². The van der Waals surface area contributed by atoms with Crippen LogP contribution in [0.5, 0.6) is 0 Å². The summed E-state index contributed by atoms with van der Waals surface area (Å²) in [6, 6.07) is 0. The summed E-state index contributed by atoms with van der Waals surface area (Å²) >= 11 is 0. The number of carbonyl (C=O) groups excluding carboxylic acids is 3. The molecule has 188 valence electrons. The molecule has 0 aromatic carbocycles. The zero-order valence-corrected chi connectivity index (χ0v) is 20.8. The number of hydrogen-bond donors (Lipinski definition) is 1. The molecule has 0 radical (unpaired) electrons. The molecule has 5 rings (SSSR count). The predicted octanol–water partition coefficient (Wildman–Crippen LogP) is 3.51. The van der Waals surface area contributed by atoms with E-state index in [9.17, 15) is 19.5 Å². The Morgan fingerprint density at radius 3 is 2.74 bits per heavy atom. The summed E-state index contributed by atoms with van der Waals surface area (Å²) in [5.74, 6) is -0.163. The lowest BCUT2D eigenvalue weighted by Gasteiger charge is -2.60. The van der Waals surface area contributed by atoms with E-state index in [1.165, 1.54) is 12.5 Å². The van der Waals surface area contributed by atoms with Crippen LogP contribution in [0, 0.1) is 28.6 Å². The molecule has 4 fully saturated rings. The molecule has 0 aromatic rings. The van der Waals surface area contributed by atoms with Crippen LogP contribution in [-0.2, 0) is 28.6 Å². The Kier molecular flexibility index (Phi) is 5.85. The Labute approximate surface area is 201 Å². The summed E-state index contributed by atoms with van der Waals surface area (Å²) in [5.41, 5.74) is -0.864. The highest BCUT2D eigenvalue weighted by molar-refractivity contribution is 5.93. The van der Waals surface area contributed by atoms with E-state index >= 15 is 0 Å². The maximum absolute atomic E-state index is 13.7. The SMILES string of the molecule is CCCC1O[C@@H]2C[C@H]3[C@@H]4CCC5=CC(=O)CC[C@]5(C)[C@H]4[C@@H](O)C[C@]3(C)[C@]2(C(=O)COC(C)=O)O1. The van der Waals surface area contributed by atoms with E-state index in [2.05, 4.69) is 20.8 Å². The van der Waals surface area contributed by atoms with Gasteiger partial charge in [-0.05, 0) is 67.8 Å². The van der Waals surface area contributed by atoms with Gasteiger partial charge in [-0.3, -0.25) is 14.4 Å². The van der Waals surface area contributed by atoms with Crippen molar-refractivity contribution in [1.29, 1.82) is 0 Å². The lowest BCUT2D eigenvalue weighted by atomic mass is 9.45. The van der Waals surface area contributed by atoms with Crippen LogP contribution in [0.15, 0.2) is 11.6 Å². The lowest BCUT2D eigenvalue weighted by Crippen LogP contribution is -2.64. The molecule has 0 amide bonds. The third-order valence-corrected chi connectivity index (χ3v) is 10.0. The molecular formula is C27H38O7. The Morgan fingerprint density at radius 1 is 1.26 bits per heavy atom. The summed E-state index contributed by atoms with van der Waals surface area (Å²) < 4.78 is 18.0. The first kappa shape index (κ1) is 24.1. The fraction of sp³-hybridized carbons (Fsp3) is 0.815. The number of aliphatic hydroxyl groups excluding tert-OH is 1. The van der Waals surface area contributed by atoms with E-state index in [0.717, 1.165) is 25.7 Å². The first-order valence-electron chi connectivity index (χ1n) is 13.0. The highest BCUT2D eigenvalue weighted by atomic mass is 16.7. The van der Waals surface area contributed by atoms with Crippen molar-refractivity contribution in [2.75, 3.05) is 6.61 Å². The molecule has 7 heteroatoms. The fourth-order valence-corrected chi connectivity index (χ4v) is 8.64. The topological polar surface area (TPSA) is 99.1 Å². The Morgan fingerprint density at radius 2 is 2.03 bits per heavy atom. The van der Waals surface area contributed by atoms with E-state index in [4.69, 9.17) is 14.2 Å². The van der Waals surface area contributed by atoms with Crippen molar-refractivity contribution in [3.8, 4) is 0 Å². The molecule has 34 heavy (non-hydrogen) atoms. The van der Waals surface area contributed by atoms with Gasteiger partial charge in [0.25, 0.3) is 0 Å².